The number of hydrogen-bond donors (Lipinski definition) is 3. The highest BCUT2D eigenvalue weighted by Crippen LogP contribution is 2.29. The molecular formula is C14H11N3O5S2. The van der Waals surface area contributed by atoms with Crippen LogP contribution in [0.3, 0.4) is 0 Å². The van der Waals surface area contributed by atoms with Gasteiger partial charge in [0.05, 0.1) is 23.0 Å². The van der Waals surface area contributed by atoms with E-state index in [1.54, 1.807) is 6.07 Å². The van der Waals surface area contributed by atoms with E-state index in [4.69, 9.17) is 9.62 Å². The van der Waals surface area contributed by atoms with Crippen LogP contribution in [0.2, 0.25) is 0 Å². The molecular weight excluding hydrogens is 354 g/mol. The third kappa shape index (κ3) is 3.15. The van der Waals surface area contributed by atoms with Gasteiger partial charge in [-0.05, 0) is 36.4 Å². The second-order valence-corrected chi connectivity index (χ2v) is 7.76. The van der Waals surface area contributed by atoms with Crippen molar-refractivity contribution in [1.82, 2.24) is 4.98 Å². The van der Waals surface area contributed by atoms with Gasteiger partial charge in [0, 0.05) is 0 Å². The molecule has 0 atom stereocenters. The van der Waals surface area contributed by atoms with E-state index >= 15 is 0 Å². The largest absolute Gasteiger partial charge is 0.459 e. The van der Waals surface area contributed by atoms with Crippen LogP contribution in [0.4, 0.5) is 10.8 Å². The highest BCUT2D eigenvalue weighted by Gasteiger charge is 2.22. The van der Waals surface area contributed by atoms with Crippen molar-refractivity contribution in [2.45, 2.75) is 9.10 Å². The molecule has 124 valence electrons. The van der Waals surface area contributed by atoms with Crippen molar-refractivity contribution in [2.24, 2.45) is 0 Å². The van der Waals surface area contributed by atoms with Gasteiger partial charge in [-0.2, -0.15) is 0 Å². The predicted octanol–water partition coefficient (Wildman–Crippen LogP) is 2.62. The number of carbonyl (C=O) groups excluding carboxylic acids is 1. The van der Waals surface area contributed by atoms with Gasteiger partial charge in [-0.1, -0.05) is 11.3 Å². The smallest absolute Gasteiger partial charge is 0.293 e. The molecule has 10 heteroatoms. The van der Waals surface area contributed by atoms with Gasteiger partial charge in [-0.15, -0.1) is 0 Å². The Morgan fingerprint density at radius 2 is 1.96 bits per heavy atom. The summed E-state index contributed by atoms with van der Waals surface area (Å²) in [5, 5.41) is 11.4. The van der Waals surface area contributed by atoms with E-state index < -0.39 is 15.7 Å². The number of carbonyl (C=O) groups is 1. The lowest BCUT2D eigenvalue weighted by molar-refractivity contribution is 0.0996. The van der Waals surface area contributed by atoms with Crippen molar-refractivity contribution in [3.8, 4) is 0 Å². The van der Waals surface area contributed by atoms with Gasteiger partial charge in [-0.25, -0.2) is 13.4 Å². The zero-order valence-corrected chi connectivity index (χ0v) is 13.6. The highest BCUT2D eigenvalue weighted by molar-refractivity contribution is 7.93. The van der Waals surface area contributed by atoms with Gasteiger partial charge in [0.25, 0.3) is 5.91 Å². The Kier molecular flexibility index (Phi) is 4.34. The Labute approximate surface area is 140 Å². The van der Waals surface area contributed by atoms with E-state index in [1.165, 1.54) is 42.8 Å². The monoisotopic (exact) mass is 365 g/mol. The minimum Gasteiger partial charge on any atom is -0.459 e. The molecule has 0 fully saturated rings. The lowest BCUT2D eigenvalue weighted by Crippen LogP contribution is -2.10. The molecule has 0 aliphatic heterocycles. The molecule has 0 radical (unpaired) electrons. The summed E-state index contributed by atoms with van der Waals surface area (Å²) in [5.74, 6) is -0.418. The van der Waals surface area contributed by atoms with Gasteiger partial charge < -0.3 is 4.42 Å². The van der Waals surface area contributed by atoms with Crippen molar-refractivity contribution in [3.05, 3.63) is 54.6 Å². The number of benzene rings is 1. The minimum absolute atomic E-state index is 0.0121. The number of nitrogens with zero attached hydrogens (tertiary/aromatic N) is 1. The molecule has 3 rings (SSSR count). The molecule has 0 aliphatic carbocycles. The van der Waals surface area contributed by atoms with Crippen LogP contribution >= 0.6 is 11.3 Å². The third-order valence-electron chi connectivity index (χ3n) is 3.01. The molecule has 3 N–H and O–H groups in total. The Hall–Kier alpha value is -2.69. The summed E-state index contributed by atoms with van der Waals surface area (Å²) >= 11 is 0.833. The van der Waals surface area contributed by atoms with Crippen LogP contribution in [0.15, 0.2) is 62.4 Å². The average molecular weight is 365 g/mol. The number of aromatic nitrogens is 1. The summed E-state index contributed by atoms with van der Waals surface area (Å²) in [6.45, 7) is 0. The van der Waals surface area contributed by atoms with Gasteiger partial charge >= 0.3 is 0 Å². The maximum Gasteiger partial charge on any atom is 0.293 e. The number of anilines is 2. The lowest BCUT2D eigenvalue weighted by Gasteiger charge is -2.03. The Morgan fingerprint density at radius 3 is 2.58 bits per heavy atom. The average Bonchev–Trinajstić information content (AvgIpc) is 3.26. The third-order valence-corrected chi connectivity index (χ3v) is 6.15. The van der Waals surface area contributed by atoms with Crippen LogP contribution in [0, 0.1) is 0 Å². The van der Waals surface area contributed by atoms with Gasteiger partial charge in [0.15, 0.2) is 10.9 Å². The van der Waals surface area contributed by atoms with Crippen LogP contribution in [0.1, 0.15) is 10.6 Å². The van der Waals surface area contributed by atoms with Gasteiger partial charge in [0.2, 0.25) is 9.84 Å². The second kappa shape index (κ2) is 6.43. The minimum atomic E-state index is -3.76. The van der Waals surface area contributed by atoms with Crippen molar-refractivity contribution in [2.75, 3.05) is 10.8 Å². The SMILES string of the molecule is O=C(Nc1ncc(S(=O)(=O)c2ccc(NO)cc2)s1)c1ccco1. The Balaban J connectivity index is 1.82. The quantitative estimate of drug-likeness (QED) is 0.594. The highest BCUT2D eigenvalue weighted by atomic mass is 32.2. The maximum atomic E-state index is 12.5. The van der Waals surface area contributed by atoms with Crippen LogP contribution < -0.4 is 10.8 Å². The summed E-state index contributed by atoms with van der Waals surface area (Å²) < 4.78 is 30.0. The van der Waals surface area contributed by atoms with Crippen LogP contribution in [-0.2, 0) is 9.84 Å². The maximum absolute atomic E-state index is 12.5. The number of hydrogen-bond acceptors (Lipinski definition) is 8. The molecule has 1 aromatic carbocycles. The fraction of sp³-hybridized carbons (Fsp3) is 0. The van der Waals surface area contributed by atoms with E-state index in [1.807, 2.05) is 5.48 Å². The topological polar surface area (TPSA) is 122 Å². The molecule has 8 nitrogen and oxygen atoms in total. The van der Waals surface area contributed by atoms with Crippen molar-refractivity contribution in [1.29, 1.82) is 0 Å². The van der Waals surface area contributed by atoms with Crippen molar-refractivity contribution in [3.63, 3.8) is 0 Å². The molecule has 2 heterocycles. The standard InChI is InChI=1S/C14H11N3O5S2/c18-13(11-2-1-7-22-11)16-14-15-8-12(23-14)24(20,21)10-5-3-9(17-19)4-6-10/h1-8,17,19H,(H,15,16,18). The zero-order valence-electron chi connectivity index (χ0n) is 12.0. The molecule has 0 unspecified atom stereocenters. The Morgan fingerprint density at radius 1 is 1.21 bits per heavy atom. The van der Waals surface area contributed by atoms with E-state index in [2.05, 4.69) is 10.3 Å². The molecule has 0 saturated carbocycles. The summed E-state index contributed by atoms with van der Waals surface area (Å²) in [7, 11) is -3.76. The second-order valence-electron chi connectivity index (χ2n) is 4.56. The van der Waals surface area contributed by atoms with Crippen molar-refractivity contribution >= 4 is 37.9 Å². The fourth-order valence-electron chi connectivity index (χ4n) is 1.83. The first-order valence-corrected chi connectivity index (χ1v) is 8.86. The molecule has 0 spiro atoms. The molecule has 1 amide bonds. The molecule has 3 aromatic rings. The molecule has 0 aliphatic rings. The van der Waals surface area contributed by atoms with Gasteiger partial charge in [-0.3, -0.25) is 20.8 Å². The number of thiazole rings is 1. The summed E-state index contributed by atoms with van der Waals surface area (Å²) in [6, 6.07) is 8.61. The number of sulfone groups is 1. The first kappa shape index (κ1) is 16.2. The van der Waals surface area contributed by atoms with E-state index in [0.717, 1.165) is 11.3 Å². The number of furan rings is 1. The predicted molar refractivity (Wildman–Crippen MR) is 86.1 cm³/mol. The van der Waals surface area contributed by atoms with E-state index in [0.29, 0.717) is 5.69 Å². The summed E-state index contributed by atoms with van der Waals surface area (Å²) in [5.41, 5.74) is 2.29. The molecule has 0 bridgehead atoms. The van der Waals surface area contributed by atoms with Crippen molar-refractivity contribution < 1.29 is 22.8 Å². The molecule has 2 aromatic heterocycles. The van der Waals surface area contributed by atoms with E-state index in [-0.39, 0.29) is 20.0 Å². The Bertz CT molecular complexity index is 947. The van der Waals surface area contributed by atoms with Crippen LogP contribution in [-0.4, -0.2) is 24.5 Å². The summed E-state index contributed by atoms with van der Waals surface area (Å²) in [4.78, 5) is 15.8. The van der Waals surface area contributed by atoms with Crippen LogP contribution in [0.5, 0.6) is 0 Å². The molecule has 24 heavy (non-hydrogen) atoms. The fourth-order valence-corrected chi connectivity index (χ4v) is 4.26. The van der Waals surface area contributed by atoms with Gasteiger partial charge in [0.1, 0.15) is 4.21 Å². The lowest BCUT2D eigenvalue weighted by atomic mass is 10.3. The summed E-state index contributed by atoms with van der Waals surface area (Å²) in [6.07, 6.45) is 2.54. The molecule has 0 saturated heterocycles. The number of amides is 1. The van der Waals surface area contributed by atoms with E-state index in [9.17, 15) is 13.2 Å². The first-order valence-electron chi connectivity index (χ1n) is 6.56. The number of rotatable bonds is 5. The van der Waals surface area contributed by atoms with Crippen LogP contribution in [0.25, 0.3) is 0 Å². The zero-order chi connectivity index (χ0) is 17.2. The first-order chi connectivity index (χ1) is 11.5. The number of nitrogens with one attached hydrogen (secondary N) is 2. The normalized spacial score (nSPS) is 11.2.